The van der Waals surface area contributed by atoms with Crippen molar-refractivity contribution in [1.29, 1.82) is 0 Å². The number of hydrogen-bond donors (Lipinski definition) is 2. The minimum absolute atomic E-state index is 0.321. The van der Waals surface area contributed by atoms with Gasteiger partial charge in [-0.1, -0.05) is 41.1 Å². The van der Waals surface area contributed by atoms with Crippen LogP contribution in [-0.2, 0) is 13.0 Å². The monoisotopic (exact) mass is 348 g/mol. The van der Waals surface area contributed by atoms with Crippen LogP contribution in [0.15, 0.2) is 46.9 Å². The molecule has 5 heteroatoms. The van der Waals surface area contributed by atoms with Gasteiger partial charge in [-0.15, -0.1) is 0 Å². The Labute approximate surface area is 132 Å². The van der Waals surface area contributed by atoms with E-state index in [2.05, 4.69) is 34.3 Å². The third-order valence-corrected chi connectivity index (χ3v) is 3.89. The molecule has 4 nitrogen and oxygen atoms in total. The summed E-state index contributed by atoms with van der Waals surface area (Å²) in [5, 5.41) is 0. The number of carbonyl (C=O) groups excluding carboxylic acids is 1. The number of aryl methyl sites for hydroxylation is 1. The fraction of sp³-hybridized carbons (Fsp3) is 0.188. The molecule has 0 aliphatic rings. The van der Waals surface area contributed by atoms with Crippen LogP contribution in [0.4, 0.5) is 0 Å². The van der Waals surface area contributed by atoms with Gasteiger partial charge < -0.3 is 4.74 Å². The smallest absolute Gasteiger partial charge is 0.265 e. The lowest BCUT2D eigenvalue weighted by Gasteiger charge is -2.10. The lowest BCUT2D eigenvalue weighted by atomic mass is 10.1. The van der Waals surface area contributed by atoms with Gasteiger partial charge >= 0.3 is 0 Å². The zero-order valence-electron chi connectivity index (χ0n) is 11.7. The number of carbonyl (C=O) groups is 1. The number of halogens is 1. The topological polar surface area (TPSA) is 64.3 Å². The van der Waals surface area contributed by atoms with Gasteiger partial charge in [-0.25, -0.2) is 5.84 Å². The number of hydrogen-bond acceptors (Lipinski definition) is 3. The van der Waals surface area contributed by atoms with Gasteiger partial charge in [0.25, 0.3) is 5.91 Å². The number of rotatable bonds is 5. The van der Waals surface area contributed by atoms with Crippen molar-refractivity contribution in [3.8, 4) is 5.75 Å². The van der Waals surface area contributed by atoms with Crippen molar-refractivity contribution in [2.24, 2.45) is 5.84 Å². The Morgan fingerprint density at radius 1 is 1.29 bits per heavy atom. The van der Waals surface area contributed by atoms with Crippen molar-refractivity contribution in [2.45, 2.75) is 20.0 Å². The Kier molecular flexibility index (Phi) is 5.36. The summed E-state index contributed by atoms with van der Waals surface area (Å²) < 4.78 is 6.60. The first-order valence-electron chi connectivity index (χ1n) is 6.65. The Bertz CT molecular complexity index is 644. The van der Waals surface area contributed by atoms with E-state index in [1.54, 1.807) is 12.1 Å². The molecule has 0 aliphatic carbocycles. The van der Waals surface area contributed by atoms with Crippen LogP contribution >= 0.6 is 15.9 Å². The van der Waals surface area contributed by atoms with Crippen LogP contribution in [-0.4, -0.2) is 5.91 Å². The molecule has 1 amide bonds. The molecular weight excluding hydrogens is 332 g/mol. The van der Waals surface area contributed by atoms with Crippen LogP contribution in [0.3, 0.4) is 0 Å². The second kappa shape index (κ2) is 7.24. The molecule has 0 spiro atoms. The standard InChI is InChI=1S/C16H17BrN2O2/c1-2-11-4-3-5-14(8-11)21-10-13-7-6-12(9-15(13)17)16(20)19-18/h3-9H,2,10,18H2,1H3,(H,19,20). The first-order chi connectivity index (χ1) is 10.1. The van der Waals surface area contributed by atoms with E-state index in [9.17, 15) is 4.79 Å². The molecular formula is C16H17BrN2O2. The highest BCUT2D eigenvalue weighted by molar-refractivity contribution is 9.10. The predicted molar refractivity (Wildman–Crippen MR) is 85.9 cm³/mol. The van der Waals surface area contributed by atoms with Crippen LogP contribution in [0.1, 0.15) is 28.4 Å². The molecule has 0 aliphatic heterocycles. The molecule has 0 heterocycles. The van der Waals surface area contributed by atoms with Crippen molar-refractivity contribution in [2.75, 3.05) is 0 Å². The molecule has 0 aromatic heterocycles. The van der Waals surface area contributed by atoms with Gasteiger partial charge in [0.15, 0.2) is 0 Å². The highest BCUT2D eigenvalue weighted by atomic mass is 79.9. The van der Waals surface area contributed by atoms with Crippen LogP contribution in [0.5, 0.6) is 5.75 Å². The number of nitrogen functional groups attached to an aromatic ring is 1. The Balaban J connectivity index is 2.07. The van der Waals surface area contributed by atoms with Crippen LogP contribution in [0.2, 0.25) is 0 Å². The quantitative estimate of drug-likeness (QED) is 0.495. The zero-order chi connectivity index (χ0) is 15.2. The number of ether oxygens (including phenoxy) is 1. The van der Waals surface area contributed by atoms with Gasteiger partial charge in [0.05, 0.1) is 0 Å². The summed E-state index contributed by atoms with van der Waals surface area (Å²) in [7, 11) is 0. The molecule has 21 heavy (non-hydrogen) atoms. The molecule has 0 radical (unpaired) electrons. The third-order valence-electron chi connectivity index (χ3n) is 3.15. The number of benzene rings is 2. The second-order valence-corrected chi connectivity index (χ2v) is 5.42. The Morgan fingerprint density at radius 3 is 2.76 bits per heavy atom. The average Bonchev–Trinajstić information content (AvgIpc) is 2.53. The Morgan fingerprint density at radius 2 is 2.10 bits per heavy atom. The SMILES string of the molecule is CCc1cccc(OCc2ccc(C(=O)NN)cc2Br)c1. The van der Waals surface area contributed by atoms with Crippen LogP contribution < -0.4 is 16.0 Å². The van der Waals surface area contributed by atoms with Crippen molar-refractivity contribution >= 4 is 21.8 Å². The summed E-state index contributed by atoms with van der Waals surface area (Å²) >= 11 is 3.45. The Hall–Kier alpha value is -1.85. The molecule has 2 rings (SSSR count). The van der Waals surface area contributed by atoms with Gasteiger partial charge in [0.1, 0.15) is 12.4 Å². The summed E-state index contributed by atoms with van der Waals surface area (Å²) in [6, 6.07) is 13.3. The van der Waals surface area contributed by atoms with Gasteiger partial charge in [-0.05, 0) is 36.2 Å². The molecule has 0 bridgehead atoms. The maximum absolute atomic E-state index is 11.4. The number of hydrazine groups is 1. The maximum atomic E-state index is 11.4. The summed E-state index contributed by atoms with van der Waals surface area (Å²) in [6.07, 6.45) is 0.976. The molecule has 0 saturated heterocycles. The molecule has 2 aromatic carbocycles. The fourth-order valence-corrected chi connectivity index (χ4v) is 2.40. The molecule has 0 fully saturated rings. The van der Waals surface area contributed by atoms with E-state index >= 15 is 0 Å². The van der Waals surface area contributed by atoms with Gasteiger partial charge in [-0.3, -0.25) is 10.2 Å². The maximum Gasteiger partial charge on any atom is 0.265 e. The highest BCUT2D eigenvalue weighted by Crippen LogP contribution is 2.21. The van der Waals surface area contributed by atoms with Crippen molar-refractivity contribution in [3.63, 3.8) is 0 Å². The molecule has 110 valence electrons. The zero-order valence-corrected chi connectivity index (χ0v) is 13.3. The van der Waals surface area contributed by atoms with Crippen molar-refractivity contribution in [1.82, 2.24) is 5.43 Å². The third kappa shape index (κ3) is 4.06. The second-order valence-electron chi connectivity index (χ2n) is 4.57. The van der Waals surface area contributed by atoms with Crippen molar-refractivity contribution < 1.29 is 9.53 Å². The lowest BCUT2D eigenvalue weighted by molar-refractivity contribution is 0.0953. The van der Waals surface area contributed by atoms with Gasteiger partial charge in [0.2, 0.25) is 0 Å². The fourth-order valence-electron chi connectivity index (χ4n) is 1.91. The van der Waals surface area contributed by atoms with E-state index in [-0.39, 0.29) is 5.91 Å². The first-order valence-corrected chi connectivity index (χ1v) is 7.44. The normalized spacial score (nSPS) is 10.2. The van der Waals surface area contributed by atoms with Crippen molar-refractivity contribution in [3.05, 3.63) is 63.6 Å². The number of amides is 1. The van der Waals surface area contributed by atoms with E-state index in [1.165, 1.54) is 5.56 Å². The number of nitrogens with two attached hydrogens (primary N) is 1. The van der Waals surface area contributed by atoms with E-state index in [4.69, 9.17) is 10.6 Å². The number of nitrogens with one attached hydrogen (secondary N) is 1. The molecule has 0 unspecified atom stereocenters. The van der Waals surface area contributed by atoms with E-state index < -0.39 is 0 Å². The summed E-state index contributed by atoms with van der Waals surface area (Å²) in [5.41, 5.74) is 4.81. The minimum atomic E-state index is -0.321. The van der Waals surface area contributed by atoms with E-state index in [0.717, 1.165) is 22.2 Å². The van der Waals surface area contributed by atoms with Gasteiger partial charge in [0, 0.05) is 15.6 Å². The minimum Gasteiger partial charge on any atom is -0.489 e. The van der Waals surface area contributed by atoms with Crippen LogP contribution in [0.25, 0.3) is 0 Å². The lowest BCUT2D eigenvalue weighted by Crippen LogP contribution is -2.29. The molecule has 3 N–H and O–H groups in total. The predicted octanol–water partition coefficient (Wildman–Crippen LogP) is 3.19. The van der Waals surface area contributed by atoms with E-state index in [0.29, 0.717) is 12.2 Å². The van der Waals surface area contributed by atoms with Gasteiger partial charge in [-0.2, -0.15) is 0 Å². The first kappa shape index (κ1) is 15.5. The molecule has 2 aromatic rings. The summed E-state index contributed by atoms with van der Waals surface area (Å²) in [6.45, 7) is 2.54. The van der Waals surface area contributed by atoms with Crippen LogP contribution in [0, 0.1) is 0 Å². The largest absolute Gasteiger partial charge is 0.489 e. The highest BCUT2D eigenvalue weighted by Gasteiger charge is 2.07. The molecule has 0 saturated carbocycles. The summed E-state index contributed by atoms with van der Waals surface area (Å²) in [4.78, 5) is 11.4. The summed E-state index contributed by atoms with van der Waals surface area (Å²) in [5.74, 6) is 5.63. The average molecular weight is 349 g/mol. The molecule has 0 atom stereocenters. The van der Waals surface area contributed by atoms with E-state index in [1.807, 2.05) is 24.3 Å².